The van der Waals surface area contributed by atoms with Crippen molar-refractivity contribution in [3.8, 4) is 0 Å². The first-order valence-corrected chi connectivity index (χ1v) is 8.26. The van der Waals surface area contributed by atoms with E-state index in [0.29, 0.717) is 10.4 Å². The zero-order valence-electron chi connectivity index (χ0n) is 14.3. The van der Waals surface area contributed by atoms with Crippen molar-refractivity contribution in [3.63, 3.8) is 0 Å². The van der Waals surface area contributed by atoms with Crippen LogP contribution in [0.1, 0.15) is 33.4 Å². The average molecular weight is 339 g/mol. The predicted octanol–water partition coefficient (Wildman–Crippen LogP) is 3.19. The molecule has 0 bridgehead atoms. The monoisotopic (exact) mass is 339 g/mol. The fourth-order valence-electron chi connectivity index (χ4n) is 1.84. The van der Waals surface area contributed by atoms with Gasteiger partial charge in [0.1, 0.15) is 0 Å². The van der Waals surface area contributed by atoms with Gasteiger partial charge >= 0.3 is 0 Å². The van der Waals surface area contributed by atoms with E-state index in [2.05, 4.69) is 11.6 Å². The molecule has 128 valence electrons. The van der Waals surface area contributed by atoms with Crippen LogP contribution in [0.3, 0.4) is 0 Å². The van der Waals surface area contributed by atoms with Gasteiger partial charge in [-0.15, -0.1) is 11.3 Å². The summed E-state index contributed by atoms with van der Waals surface area (Å²) in [6, 6.07) is -0.393. The van der Waals surface area contributed by atoms with E-state index in [1.807, 2.05) is 19.2 Å². The number of aromatic nitrogens is 1. The molecule has 1 rings (SSSR count). The molecule has 1 heterocycles. The lowest BCUT2D eigenvalue weighted by Gasteiger charge is -2.09. The maximum Gasteiger partial charge on any atom is 0.270 e. The third-order valence-corrected chi connectivity index (χ3v) is 3.98. The number of hydrogen-bond donors (Lipinski definition) is 1. The average Bonchev–Trinajstić information content (AvgIpc) is 2.89. The van der Waals surface area contributed by atoms with Crippen molar-refractivity contribution < 1.29 is 10.0 Å². The van der Waals surface area contributed by atoms with Gasteiger partial charge in [0.25, 0.3) is 5.70 Å². The normalized spacial score (nSPS) is 14.1. The van der Waals surface area contributed by atoms with Crippen molar-refractivity contribution in [2.75, 3.05) is 0 Å². The summed E-state index contributed by atoms with van der Waals surface area (Å²) < 4.78 is 1.77. The molecule has 0 amide bonds. The van der Waals surface area contributed by atoms with Crippen molar-refractivity contribution in [1.29, 1.82) is 0 Å². The number of thiazole rings is 1. The number of aliphatic hydroxyl groups is 1. The number of nitrogens with zero attached hydrogens (tertiary/aromatic N) is 3. The lowest BCUT2D eigenvalue weighted by molar-refractivity contribution is -0.421. The molecular weight excluding hydrogens is 314 g/mol. The Bertz CT molecular complexity index is 654. The van der Waals surface area contributed by atoms with Crippen molar-refractivity contribution >= 4 is 11.3 Å². The van der Waals surface area contributed by atoms with Crippen molar-refractivity contribution in [2.45, 2.75) is 40.3 Å². The number of allylic oxidation sites excluding steroid dienone is 3. The molecule has 1 aromatic heterocycles. The van der Waals surface area contributed by atoms with Gasteiger partial charge in [0, 0.05) is 12.4 Å². The molecule has 1 unspecified atom stereocenters. The van der Waals surface area contributed by atoms with E-state index in [0.717, 1.165) is 5.69 Å². The minimum absolute atomic E-state index is 0.0211. The van der Waals surface area contributed by atoms with Gasteiger partial charge in [-0.1, -0.05) is 32.6 Å². The molecule has 0 aliphatic carbocycles. The van der Waals surface area contributed by atoms with Gasteiger partial charge in [0.2, 0.25) is 0 Å². The summed E-state index contributed by atoms with van der Waals surface area (Å²) in [4.78, 5) is 15.9. The Morgan fingerprint density at radius 3 is 2.61 bits per heavy atom. The van der Waals surface area contributed by atoms with E-state index >= 15 is 0 Å². The summed E-state index contributed by atoms with van der Waals surface area (Å²) in [5, 5.41) is 22.1. The van der Waals surface area contributed by atoms with Crippen LogP contribution in [0.2, 0.25) is 0 Å². The molecule has 6 nitrogen and oxygen atoms in total. The SMILES string of the molecule is C=C/C=C(\C(=C/C)[N+](=O)[O-])C(C)N=c1scc(CO)n1C.CC. The van der Waals surface area contributed by atoms with E-state index in [9.17, 15) is 15.2 Å². The van der Waals surface area contributed by atoms with Crippen LogP contribution in [0.5, 0.6) is 0 Å². The Kier molecular flexibility index (Phi) is 9.76. The van der Waals surface area contributed by atoms with Gasteiger partial charge in [-0.05, 0) is 19.9 Å². The molecule has 0 aromatic carbocycles. The van der Waals surface area contributed by atoms with Gasteiger partial charge in [-0.3, -0.25) is 15.1 Å². The molecule has 1 atom stereocenters. The lowest BCUT2D eigenvalue weighted by atomic mass is 10.1. The highest BCUT2D eigenvalue weighted by molar-refractivity contribution is 7.07. The van der Waals surface area contributed by atoms with Crippen LogP contribution in [0.25, 0.3) is 0 Å². The summed E-state index contributed by atoms with van der Waals surface area (Å²) in [6.45, 7) is 10.9. The standard InChI is InChI=1S/C14H19N3O3S.C2H6/c1-5-7-12(13(6-2)17(19)20)10(3)15-14-16(4)11(8-18)9-21-14;1-2/h5-7,9-10,18H,1,8H2,2-4H3;1-2H3/b12-7-,13-6+,15-14?;. The maximum absolute atomic E-state index is 11.1. The molecule has 7 heteroatoms. The fraction of sp³-hybridized carbons (Fsp3) is 0.438. The zero-order chi connectivity index (χ0) is 18.0. The maximum atomic E-state index is 11.1. The van der Waals surface area contributed by atoms with E-state index in [1.54, 1.807) is 31.5 Å². The number of rotatable bonds is 6. The van der Waals surface area contributed by atoms with Crippen LogP contribution < -0.4 is 4.80 Å². The third kappa shape index (κ3) is 5.61. The van der Waals surface area contributed by atoms with Crippen LogP contribution in [0, 0.1) is 10.1 Å². The molecule has 0 aliphatic rings. The highest BCUT2D eigenvalue weighted by atomic mass is 32.1. The molecule has 0 saturated carbocycles. The first-order chi connectivity index (χ1) is 11.0. The molecule has 0 saturated heterocycles. The number of nitro groups is 1. The van der Waals surface area contributed by atoms with E-state index < -0.39 is 11.0 Å². The number of hydrogen-bond acceptors (Lipinski definition) is 5. The zero-order valence-corrected chi connectivity index (χ0v) is 15.1. The molecule has 0 radical (unpaired) electrons. The largest absolute Gasteiger partial charge is 0.390 e. The van der Waals surface area contributed by atoms with Crippen molar-refractivity contribution in [2.24, 2.45) is 12.0 Å². The summed E-state index contributed by atoms with van der Waals surface area (Å²) in [5.74, 6) is 0. The molecule has 1 aromatic rings. The van der Waals surface area contributed by atoms with Crippen LogP contribution >= 0.6 is 11.3 Å². The van der Waals surface area contributed by atoms with Crippen LogP contribution in [-0.2, 0) is 13.7 Å². The summed E-state index contributed by atoms with van der Waals surface area (Å²) in [7, 11) is 1.80. The highest BCUT2D eigenvalue weighted by Crippen LogP contribution is 2.18. The van der Waals surface area contributed by atoms with Crippen LogP contribution in [0.4, 0.5) is 0 Å². The lowest BCUT2D eigenvalue weighted by Crippen LogP contribution is -2.19. The number of aliphatic hydroxyl groups excluding tert-OH is 1. The van der Waals surface area contributed by atoms with Crippen LogP contribution in [-0.4, -0.2) is 20.6 Å². The van der Waals surface area contributed by atoms with Gasteiger partial charge in [-0.2, -0.15) is 0 Å². The van der Waals surface area contributed by atoms with E-state index in [-0.39, 0.29) is 12.3 Å². The quantitative estimate of drug-likeness (QED) is 0.491. The summed E-state index contributed by atoms with van der Waals surface area (Å²) in [5.41, 5.74) is 1.27. The van der Waals surface area contributed by atoms with Crippen molar-refractivity contribution in [1.82, 2.24) is 4.57 Å². The second kappa shape index (κ2) is 10.7. The van der Waals surface area contributed by atoms with Gasteiger partial charge < -0.3 is 9.67 Å². The molecule has 23 heavy (non-hydrogen) atoms. The fourth-order valence-corrected chi connectivity index (χ4v) is 2.81. The Morgan fingerprint density at radius 2 is 2.22 bits per heavy atom. The topological polar surface area (TPSA) is 80.7 Å². The Hall–Kier alpha value is -1.99. The molecular formula is C16H25N3O3S. The smallest absolute Gasteiger partial charge is 0.270 e. The van der Waals surface area contributed by atoms with Crippen molar-refractivity contribution in [3.05, 3.63) is 62.1 Å². The Morgan fingerprint density at radius 1 is 1.61 bits per heavy atom. The predicted molar refractivity (Wildman–Crippen MR) is 94.6 cm³/mol. The van der Waals surface area contributed by atoms with Crippen LogP contribution in [0.15, 0.2) is 46.4 Å². The first kappa shape index (κ1) is 21.0. The van der Waals surface area contributed by atoms with E-state index in [4.69, 9.17) is 0 Å². The van der Waals surface area contributed by atoms with Gasteiger partial charge in [0.05, 0.1) is 28.8 Å². The molecule has 0 spiro atoms. The second-order valence-corrected chi connectivity index (χ2v) is 5.16. The summed E-state index contributed by atoms with van der Waals surface area (Å²) >= 11 is 1.39. The molecule has 1 N–H and O–H groups in total. The minimum atomic E-state index is -0.422. The second-order valence-electron chi connectivity index (χ2n) is 4.32. The molecule has 0 aliphatic heterocycles. The summed E-state index contributed by atoms with van der Waals surface area (Å²) in [6.07, 6.45) is 4.57. The third-order valence-electron chi connectivity index (χ3n) is 3.00. The minimum Gasteiger partial charge on any atom is -0.390 e. The Labute approximate surface area is 141 Å². The van der Waals surface area contributed by atoms with Gasteiger partial charge in [-0.25, -0.2) is 0 Å². The molecule has 0 fully saturated rings. The van der Waals surface area contributed by atoms with Gasteiger partial charge in [0.15, 0.2) is 4.80 Å². The first-order valence-electron chi connectivity index (χ1n) is 7.38. The highest BCUT2D eigenvalue weighted by Gasteiger charge is 2.21. The van der Waals surface area contributed by atoms with E-state index in [1.165, 1.54) is 23.5 Å². The Balaban J connectivity index is 0.00000232.